The van der Waals surface area contributed by atoms with Crippen LogP contribution in [0.5, 0.6) is 11.5 Å². The van der Waals surface area contributed by atoms with Crippen molar-refractivity contribution in [2.24, 2.45) is 4.99 Å². The summed E-state index contributed by atoms with van der Waals surface area (Å²) in [4.78, 5) is 4.11. The molecule has 0 saturated carbocycles. The number of hydrogen-bond acceptors (Lipinski definition) is 3. The van der Waals surface area contributed by atoms with E-state index < -0.39 is 12.6 Å². The number of nitrogens with one attached hydrogen (secondary N) is 2. The molecule has 1 atom stereocenters. The average Bonchev–Trinajstić information content (AvgIpc) is 2.95. The Morgan fingerprint density at radius 3 is 2.68 bits per heavy atom. The zero-order valence-electron chi connectivity index (χ0n) is 16.5. The fourth-order valence-corrected chi connectivity index (χ4v) is 2.97. The Morgan fingerprint density at radius 2 is 2.04 bits per heavy atom. The third-order valence-electron chi connectivity index (χ3n) is 4.23. The molecule has 2 rings (SSSR count). The van der Waals surface area contributed by atoms with E-state index in [0.29, 0.717) is 32.1 Å². The molecule has 0 amide bonds. The zero-order valence-corrected chi connectivity index (χ0v) is 18.8. The molecule has 0 bridgehead atoms. The van der Waals surface area contributed by atoms with Crippen LogP contribution in [0.2, 0.25) is 0 Å². The maximum atomic E-state index is 12.2. The topological polar surface area (TPSA) is 54.9 Å². The average molecular weight is 515 g/mol. The maximum absolute atomic E-state index is 12.2. The molecule has 1 aliphatic heterocycles. The van der Waals surface area contributed by atoms with Crippen molar-refractivity contribution in [2.75, 3.05) is 20.2 Å². The van der Waals surface area contributed by atoms with Crippen LogP contribution in [0, 0.1) is 0 Å². The van der Waals surface area contributed by atoms with E-state index in [-0.39, 0.29) is 36.5 Å². The Bertz CT molecular complexity index is 654. The van der Waals surface area contributed by atoms with Crippen LogP contribution >= 0.6 is 24.0 Å². The Balaban J connectivity index is 0.00000392. The number of fused-ring (bicyclic) bond motifs is 1. The van der Waals surface area contributed by atoms with Gasteiger partial charge in [0.15, 0.2) is 5.96 Å². The molecule has 2 N–H and O–H groups in total. The first-order valence-electron chi connectivity index (χ1n) is 9.29. The number of nitrogens with zero attached hydrogens (tertiary/aromatic N) is 1. The minimum absolute atomic E-state index is 0. The van der Waals surface area contributed by atoms with E-state index in [0.717, 1.165) is 29.0 Å². The molecule has 160 valence electrons. The second-order valence-electron chi connectivity index (χ2n) is 6.56. The smallest absolute Gasteiger partial charge is 0.389 e. The number of unbranched alkanes of at least 4 members (excludes halogenated alkanes) is 1. The number of benzene rings is 1. The normalized spacial score (nSPS) is 16.1. The number of aliphatic imine (C=N–C) groups is 1. The van der Waals surface area contributed by atoms with Gasteiger partial charge in [-0.3, -0.25) is 4.99 Å². The van der Waals surface area contributed by atoms with Gasteiger partial charge >= 0.3 is 6.18 Å². The van der Waals surface area contributed by atoms with Crippen molar-refractivity contribution in [3.8, 4) is 11.5 Å². The summed E-state index contributed by atoms with van der Waals surface area (Å²) in [5.41, 5.74) is 2.09. The van der Waals surface area contributed by atoms with Crippen molar-refractivity contribution in [3.63, 3.8) is 0 Å². The Morgan fingerprint density at radius 1 is 1.29 bits per heavy atom. The molecule has 0 fully saturated rings. The van der Waals surface area contributed by atoms with Gasteiger partial charge in [-0.05, 0) is 38.8 Å². The standard InChI is InChI=1S/C19H28F3N3O2.HI/c1-4-26-16-10-14-9-13(2)27-17(14)11-15(16)12-25-18(23-3)24-8-6-5-7-19(20,21)22;/h10-11,13H,4-9,12H2,1-3H3,(H2,23,24,25);1H. The molecule has 0 saturated heterocycles. The molecule has 1 aliphatic rings. The molecule has 0 aliphatic carbocycles. The number of hydrogen-bond donors (Lipinski definition) is 2. The van der Waals surface area contributed by atoms with Gasteiger partial charge in [-0.15, -0.1) is 24.0 Å². The summed E-state index contributed by atoms with van der Waals surface area (Å²) >= 11 is 0. The Labute approximate surface area is 181 Å². The van der Waals surface area contributed by atoms with E-state index in [2.05, 4.69) is 15.6 Å². The quantitative estimate of drug-likeness (QED) is 0.233. The first-order chi connectivity index (χ1) is 12.8. The number of alkyl halides is 3. The van der Waals surface area contributed by atoms with Crippen LogP contribution in [0.4, 0.5) is 13.2 Å². The van der Waals surface area contributed by atoms with Gasteiger partial charge in [0.05, 0.1) is 6.61 Å². The van der Waals surface area contributed by atoms with Crippen LogP contribution in [0.15, 0.2) is 17.1 Å². The fraction of sp³-hybridized carbons (Fsp3) is 0.632. The molecule has 0 aromatic heterocycles. The van der Waals surface area contributed by atoms with E-state index >= 15 is 0 Å². The lowest BCUT2D eigenvalue weighted by atomic mass is 10.1. The van der Waals surface area contributed by atoms with Gasteiger partial charge in [0.2, 0.25) is 0 Å². The molecule has 9 heteroatoms. The second-order valence-corrected chi connectivity index (χ2v) is 6.56. The molecular formula is C19H29F3IN3O2. The van der Waals surface area contributed by atoms with Crippen molar-refractivity contribution < 1.29 is 22.6 Å². The van der Waals surface area contributed by atoms with Gasteiger partial charge in [-0.2, -0.15) is 13.2 Å². The summed E-state index contributed by atoms with van der Waals surface area (Å²) in [5, 5.41) is 6.21. The molecule has 0 spiro atoms. The third-order valence-corrected chi connectivity index (χ3v) is 4.23. The summed E-state index contributed by atoms with van der Waals surface area (Å²) in [6, 6.07) is 4.00. The zero-order chi connectivity index (χ0) is 19.9. The summed E-state index contributed by atoms with van der Waals surface area (Å²) in [6.45, 7) is 5.43. The highest BCUT2D eigenvalue weighted by molar-refractivity contribution is 14.0. The molecule has 28 heavy (non-hydrogen) atoms. The molecule has 5 nitrogen and oxygen atoms in total. The Hall–Kier alpha value is -1.39. The third kappa shape index (κ3) is 7.92. The van der Waals surface area contributed by atoms with Gasteiger partial charge in [-0.1, -0.05) is 0 Å². The minimum Gasteiger partial charge on any atom is -0.494 e. The summed E-state index contributed by atoms with van der Waals surface area (Å²) in [5.74, 6) is 2.22. The lowest BCUT2D eigenvalue weighted by Crippen LogP contribution is -2.37. The largest absolute Gasteiger partial charge is 0.494 e. The van der Waals surface area contributed by atoms with Gasteiger partial charge in [-0.25, -0.2) is 0 Å². The SMILES string of the molecule is CCOc1cc2c(cc1CNC(=NC)NCCCCC(F)(F)F)OC(C)C2.I. The van der Waals surface area contributed by atoms with Crippen LogP contribution < -0.4 is 20.1 Å². The number of rotatable bonds is 8. The van der Waals surface area contributed by atoms with Gasteiger partial charge in [0.1, 0.15) is 17.6 Å². The van der Waals surface area contributed by atoms with Crippen LogP contribution in [-0.4, -0.2) is 38.4 Å². The molecule has 1 aromatic carbocycles. The predicted molar refractivity (Wildman–Crippen MR) is 115 cm³/mol. The molecule has 1 aromatic rings. The lowest BCUT2D eigenvalue weighted by Gasteiger charge is -2.16. The number of ether oxygens (including phenoxy) is 2. The van der Waals surface area contributed by atoms with E-state index in [1.54, 1.807) is 7.05 Å². The first-order valence-corrected chi connectivity index (χ1v) is 9.29. The molecule has 1 heterocycles. The lowest BCUT2D eigenvalue weighted by molar-refractivity contribution is -0.135. The van der Waals surface area contributed by atoms with Crippen LogP contribution in [0.3, 0.4) is 0 Å². The van der Waals surface area contributed by atoms with E-state index in [4.69, 9.17) is 9.47 Å². The summed E-state index contributed by atoms with van der Waals surface area (Å²) in [7, 11) is 1.63. The van der Waals surface area contributed by atoms with Crippen LogP contribution in [0.1, 0.15) is 44.2 Å². The fourth-order valence-electron chi connectivity index (χ4n) is 2.97. The molecular weight excluding hydrogens is 486 g/mol. The summed E-state index contributed by atoms with van der Waals surface area (Å²) < 4.78 is 48.0. The maximum Gasteiger partial charge on any atom is 0.389 e. The predicted octanol–water partition coefficient (Wildman–Crippen LogP) is 4.42. The summed E-state index contributed by atoms with van der Waals surface area (Å²) in [6.07, 6.45) is -3.31. The van der Waals surface area contributed by atoms with E-state index in [1.165, 1.54) is 0 Å². The van der Waals surface area contributed by atoms with Crippen molar-refractivity contribution in [3.05, 3.63) is 23.3 Å². The van der Waals surface area contributed by atoms with E-state index in [1.807, 2.05) is 26.0 Å². The Kier molecular flexibility index (Phi) is 10.2. The van der Waals surface area contributed by atoms with E-state index in [9.17, 15) is 13.2 Å². The van der Waals surface area contributed by atoms with Crippen molar-refractivity contribution in [1.82, 2.24) is 10.6 Å². The van der Waals surface area contributed by atoms with Crippen molar-refractivity contribution >= 4 is 29.9 Å². The first kappa shape index (κ1) is 24.6. The minimum atomic E-state index is -4.09. The van der Waals surface area contributed by atoms with Crippen LogP contribution in [0.25, 0.3) is 0 Å². The van der Waals surface area contributed by atoms with Crippen LogP contribution in [-0.2, 0) is 13.0 Å². The van der Waals surface area contributed by atoms with Crippen molar-refractivity contribution in [1.29, 1.82) is 0 Å². The number of halogens is 4. The monoisotopic (exact) mass is 515 g/mol. The van der Waals surface area contributed by atoms with Gasteiger partial charge in [0.25, 0.3) is 0 Å². The highest BCUT2D eigenvalue weighted by Crippen LogP contribution is 2.35. The highest BCUT2D eigenvalue weighted by Gasteiger charge is 2.25. The molecule has 0 radical (unpaired) electrons. The number of guanidine groups is 1. The van der Waals surface area contributed by atoms with Gasteiger partial charge in [0, 0.05) is 44.1 Å². The van der Waals surface area contributed by atoms with Gasteiger partial charge < -0.3 is 20.1 Å². The second kappa shape index (κ2) is 11.6. The highest BCUT2D eigenvalue weighted by atomic mass is 127. The van der Waals surface area contributed by atoms with Crippen molar-refractivity contribution in [2.45, 2.75) is 58.4 Å². The molecule has 1 unspecified atom stereocenters.